The monoisotopic (exact) mass is 285 g/mol. The molecule has 0 aromatic carbocycles. The molecule has 0 N–H and O–H groups in total. The molecule has 0 atom stereocenters. The molecule has 0 spiro atoms. The maximum absolute atomic E-state index is 5.11. The molecule has 0 radical (unpaired) electrons. The van der Waals surface area contributed by atoms with Crippen molar-refractivity contribution in [2.24, 2.45) is 5.16 Å². The highest BCUT2D eigenvalue weighted by atomic mass is 16.6. The van der Waals surface area contributed by atoms with Gasteiger partial charge in [-0.2, -0.15) is 14.9 Å². The number of oxime groups is 1. The first-order valence-electron chi connectivity index (χ1n) is 6.11. The van der Waals surface area contributed by atoms with Gasteiger partial charge in [-0.1, -0.05) is 5.16 Å². The van der Waals surface area contributed by atoms with Crippen molar-refractivity contribution in [1.82, 2.24) is 39.5 Å². The summed E-state index contributed by atoms with van der Waals surface area (Å²) in [6.07, 6.45) is 7.29. The molecule has 10 heteroatoms. The third-order valence-electron chi connectivity index (χ3n) is 2.45. The van der Waals surface area contributed by atoms with E-state index in [4.69, 9.17) is 4.84 Å². The quantitative estimate of drug-likeness (QED) is 0.374. The SMILES string of the molecule is CCO/N=C(/c1cc(-n2cncn2)ncn1)n1cncn1. The molecule has 0 bridgehead atoms. The molecule has 0 amide bonds. The van der Waals surface area contributed by atoms with Gasteiger partial charge in [-0.15, -0.1) is 0 Å². The van der Waals surface area contributed by atoms with Gasteiger partial charge in [-0.05, 0) is 6.92 Å². The average molecular weight is 285 g/mol. The second-order valence-electron chi connectivity index (χ2n) is 3.77. The van der Waals surface area contributed by atoms with Crippen LogP contribution in [0.3, 0.4) is 0 Å². The summed E-state index contributed by atoms with van der Waals surface area (Å²) >= 11 is 0. The standard InChI is InChI=1S/C11H11N9O/c1-2-21-18-11(20-8-13-5-17-20)9-3-10(15-6-14-9)19-7-12-4-16-19/h3-8H,2H2,1H3/b18-11-. The zero-order valence-electron chi connectivity index (χ0n) is 11.1. The fourth-order valence-electron chi connectivity index (χ4n) is 1.57. The molecule has 106 valence electrons. The highest BCUT2D eigenvalue weighted by Crippen LogP contribution is 2.05. The van der Waals surface area contributed by atoms with Crippen LogP contribution >= 0.6 is 0 Å². The van der Waals surface area contributed by atoms with Crippen molar-refractivity contribution in [3.63, 3.8) is 0 Å². The molecule has 0 aliphatic carbocycles. The second-order valence-corrected chi connectivity index (χ2v) is 3.77. The normalized spacial score (nSPS) is 11.6. The number of nitrogens with zero attached hydrogens (tertiary/aromatic N) is 9. The van der Waals surface area contributed by atoms with Gasteiger partial charge < -0.3 is 4.84 Å². The Kier molecular flexibility index (Phi) is 3.58. The number of rotatable bonds is 4. The van der Waals surface area contributed by atoms with E-state index in [0.717, 1.165) is 0 Å². The predicted molar refractivity (Wildman–Crippen MR) is 70.5 cm³/mol. The van der Waals surface area contributed by atoms with Crippen LogP contribution in [0.15, 0.2) is 42.9 Å². The van der Waals surface area contributed by atoms with E-state index in [-0.39, 0.29) is 0 Å². The average Bonchev–Trinajstić information content (AvgIpc) is 3.22. The summed E-state index contributed by atoms with van der Waals surface area (Å²) in [5.41, 5.74) is 0.523. The van der Waals surface area contributed by atoms with Crippen LogP contribution in [0.4, 0.5) is 0 Å². The molecule has 3 heterocycles. The van der Waals surface area contributed by atoms with Crippen molar-refractivity contribution in [3.8, 4) is 5.82 Å². The smallest absolute Gasteiger partial charge is 0.220 e. The zero-order chi connectivity index (χ0) is 14.5. The number of hydrogen-bond acceptors (Lipinski definition) is 8. The van der Waals surface area contributed by atoms with Gasteiger partial charge >= 0.3 is 0 Å². The van der Waals surface area contributed by atoms with Crippen LogP contribution in [-0.2, 0) is 4.84 Å². The molecule has 3 rings (SSSR count). The molecule has 0 fully saturated rings. The third-order valence-corrected chi connectivity index (χ3v) is 2.45. The van der Waals surface area contributed by atoms with Gasteiger partial charge in [-0.25, -0.2) is 24.6 Å². The van der Waals surface area contributed by atoms with E-state index in [0.29, 0.717) is 24.0 Å². The van der Waals surface area contributed by atoms with E-state index in [2.05, 4.69) is 35.3 Å². The molecule has 3 aromatic heterocycles. The lowest BCUT2D eigenvalue weighted by atomic mass is 10.3. The summed E-state index contributed by atoms with van der Waals surface area (Å²) in [6, 6.07) is 1.70. The Morgan fingerprint density at radius 1 is 1.14 bits per heavy atom. The van der Waals surface area contributed by atoms with Crippen LogP contribution in [0.1, 0.15) is 12.6 Å². The van der Waals surface area contributed by atoms with Crippen molar-refractivity contribution in [2.45, 2.75) is 6.92 Å². The van der Waals surface area contributed by atoms with Gasteiger partial charge in [0.15, 0.2) is 5.82 Å². The summed E-state index contributed by atoms with van der Waals surface area (Å²) in [5, 5.41) is 12.1. The third kappa shape index (κ3) is 2.73. The first-order valence-corrected chi connectivity index (χ1v) is 6.11. The van der Waals surface area contributed by atoms with Crippen LogP contribution in [0, 0.1) is 0 Å². The van der Waals surface area contributed by atoms with Crippen molar-refractivity contribution in [3.05, 3.63) is 43.4 Å². The summed E-state index contributed by atoms with van der Waals surface area (Å²) in [7, 11) is 0. The maximum Gasteiger partial charge on any atom is 0.220 e. The lowest BCUT2D eigenvalue weighted by molar-refractivity contribution is 0.157. The van der Waals surface area contributed by atoms with Crippen LogP contribution in [0.5, 0.6) is 0 Å². The maximum atomic E-state index is 5.11. The van der Waals surface area contributed by atoms with E-state index in [1.54, 1.807) is 12.4 Å². The van der Waals surface area contributed by atoms with Gasteiger partial charge in [-0.3, -0.25) is 0 Å². The van der Waals surface area contributed by atoms with E-state index < -0.39 is 0 Å². The minimum Gasteiger partial charge on any atom is -0.394 e. The van der Waals surface area contributed by atoms with Crippen molar-refractivity contribution in [2.75, 3.05) is 6.61 Å². The Morgan fingerprint density at radius 2 is 2.00 bits per heavy atom. The van der Waals surface area contributed by atoms with Crippen LogP contribution in [0.25, 0.3) is 5.82 Å². The van der Waals surface area contributed by atoms with Gasteiger partial charge in [0.1, 0.15) is 43.9 Å². The summed E-state index contributed by atoms with van der Waals surface area (Å²) in [6.45, 7) is 2.27. The molecule has 0 saturated carbocycles. The summed E-state index contributed by atoms with van der Waals surface area (Å²) in [5.74, 6) is 0.958. The van der Waals surface area contributed by atoms with Gasteiger partial charge in [0.25, 0.3) is 0 Å². The van der Waals surface area contributed by atoms with Crippen molar-refractivity contribution < 1.29 is 4.84 Å². The topological polar surface area (TPSA) is 109 Å². The van der Waals surface area contributed by atoms with Crippen LogP contribution in [-0.4, -0.2) is 51.9 Å². The molecule has 0 unspecified atom stereocenters. The lowest BCUT2D eigenvalue weighted by Crippen LogP contribution is -2.17. The molecular weight excluding hydrogens is 274 g/mol. The first kappa shape index (κ1) is 12.8. The minimum absolute atomic E-state index is 0.401. The minimum atomic E-state index is 0.401. The number of hydrogen-bond donors (Lipinski definition) is 0. The Labute approximate surface area is 119 Å². The molecule has 0 saturated heterocycles. The van der Waals surface area contributed by atoms with E-state index in [9.17, 15) is 0 Å². The fraction of sp³-hybridized carbons (Fsp3) is 0.182. The van der Waals surface area contributed by atoms with E-state index >= 15 is 0 Å². The Balaban J connectivity index is 2.02. The summed E-state index contributed by atoms with van der Waals surface area (Å²) in [4.78, 5) is 21.2. The Morgan fingerprint density at radius 3 is 2.71 bits per heavy atom. The largest absolute Gasteiger partial charge is 0.394 e. The lowest BCUT2D eigenvalue weighted by Gasteiger charge is -2.06. The fourth-order valence-corrected chi connectivity index (χ4v) is 1.57. The van der Waals surface area contributed by atoms with Crippen molar-refractivity contribution >= 4 is 5.84 Å². The zero-order valence-corrected chi connectivity index (χ0v) is 11.1. The molecule has 0 aliphatic heterocycles. The van der Waals surface area contributed by atoms with Gasteiger partial charge in [0.05, 0.1) is 0 Å². The highest BCUT2D eigenvalue weighted by molar-refractivity contribution is 5.97. The summed E-state index contributed by atoms with van der Waals surface area (Å²) < 4.78 is 2.98. The predicted octanol–water partition coefficient (Wildman–Crippen LogP) is -0.105. The Hall–Kier alpha value is -3.17. The van der Waals surface area contributed by atoms with Crippen molar-refractivity contribution in [1.29, 1.82) is 0 Å². The second kappa shape index (κ2) is 5.86. The number of aromatic nitrogens is 8. The highest BCUT2D eigenvalue weighted by Gasteiger charge is 2.12. The first-order chi connectivity index (χ1) is 10.4. The van der Waals surface area contributed by atoms with E-state index in [1.807, 2.05) is 6.92 Å². The van der Waals surface area contributed by atoms with Crippen LogP contribution in [0.2, 0.25) is 0 Å². The Bertz CT molecular complexity index is 720. The molecule has 3 aromatic rings. The van der Waals surface area contributed by atoms with Gasteiger partial charge in [0, 0.05) is 6.07 Å². The molecule has 21 heavy (non-hydrogen) atoms. The molecular formula is C11H11N9O. The molecule has 0 aliphatic rings. The van der Waals surface area contributed by atoms with Gasteiger partial charge in [0.2, 0.25) is 5.84 Å². The molecule has 10 nitrogen and oxygen atoms in total. The van der Waals surface area contributed by atoms with E-state index in [1.165, 1.54) is 34.7 Å². The van der Waals surface area contributed by atoms with Crippen LogP contribution < -0.4 is 0 Å².